The summed E-state index contributed by atoms with van der Waals surface area (Å²) in [5, 5.41) is 5.71. The molecule has 6 nitrogen and oxygen atoms in total. The van der Waals surface area contributed by atoms with Crippen LogP contribution in [0.3, 0.4) is 0 Å². The van der Waals surface area contributed by atoms with Crippen LogP contribution in [0.2, 0.25) is 0 Å². The summed E-state index contributed by atoms with van der Waals surface area (Å²) in [6.45, 7) is 16.2. The fraction of sp³-hybridized carbons (Fsp3) is 0.462. The standard InChI is InChI=1S/C26H34BClN2O4/c1-16-9-10-17(13-19(16)27-33-25(5,6)26(7,8)34-27)23(32)30-21-14-18(24(2,3)4)11-12-20(21)29-22(31)15-28/h9-14H,15H2,1-8H3,(H,29,31)(H,30,32). The van der Waals surface area contributed by atoms with Crippen molar-refractivity contribution >= 4 is 47.4 Å². The second kappa shape index (κ2) is 9.36. The maximum absolute atomic E-state index is 13.3. The number of alkyl halides is 1. The van der Waals surface area contributed by atoms with Crippen molar-refractivity contribution in [1.29, 1.82) is 0 Å². The lowest BCUT2D eigenvalue weighted by atomic mass is 9.75. The first kappa shape index (κ1) is 26.3. The number of carbonyl (C=O) groups excluding carboxylic acids is 2. The predicted octanol–water partition coefficient (Wildman–Crippen LogP) is 5.02. The Kier molecular flexibility index (Phi) is 7.23. The molecule has 8 heteroatoms. The van der Waals surface area contributed by atoms with E-state index >= 15 is 0 Å². The Morgan fingerprint density at radius 1 is 0.941 bits per heavy atom. The van der Waals surface area contributed by atoms with Gasteiger partial charge in [-0.05, 0) is 75.3 Å². The van der Waals surface area contributed by atoms with Gasteiger partial charge in [-0.25, -0.2) is 0 Å². The van der Waals surface area contributed by atoms with E-state index in [9.17, 15) is 9.59 Å². The van der Waals surface area contributed by atoms with Gasteiger partial charge in [-0.3, -0.25) is 9.59 Å². The monoisotopic (exact) mass is 484 g/mol. The molecule has 34 heavy (non-hydrogen) atoms. The number of halogens is 1. The van der Waals surface area contributed by atoms with Crippen LogP contribution in [0.25, 0.3) is 0 Å². The molecule has 3 rings (SSSR count). The molecule has 1 saturated heterocycles. The van der Waals surface area contributed by atoms with Crippen LogP contribution in [0, 0.1) is 6.92 Å². The van der Waals surface area contributed by atoms with Crippen LogP contribution in [-0.2, 0) is 19.5 Å². The summed E-state index contributed by atoms with van der Waals surface area (Å²) in [6.07, 6.45) is 0. The number of amides is 2. The van der Waals surface area contributed by atoms with E-state index in [0.717, 1.165) is 16.6 Å². The van der Waals surface area contributed by atoms with Crippen LogP contribution in [-0.4, -0.2) is 36.0 Å². The average molecular weight is 485 g/mol. The predicted molar refractivity (Wildman–Crippen MR) is 139 cm³/mol. The van der Waals surface area contributed by atoms with Crippen LogP contribution in [0.5, 0.6) is 0 Å². The van der Waals surface area contributed by atoms with E-state index in [0.29, 0.717) is 16.9 Å². The van der Waals surface area contributed by atoms with Gasteiger partial charge in [0.25, 0.3) is 5.91 Å². The van der Waals surface area contributed by atoms with Gasteiger partial charge in [0.1, 0.15) is 5.88 Å². The molecular formula is C26H34BClN2O4. The number of benzene rings is 2. The normalized spacial score (nSPS) is 16.9. The molecule has 1 aliphatic heterocycles. The van der Waals surface area contributed by atoms with Crippen molar-refractivity contribution in [2.45, 2.75) is 72.0 Å². The molecule has 1 heterocycles. The highest BCUT2D eigenvalue weighted by Crippen LogP contribution is 2.37. The van der Waals surface area contributed by atoms with E-state index in [1.807, 2.05) is 52.8 Å². The van der Waals surface area contributed by atoms with Gasteiger partial charge in [0.15, 0.2) is 0 Å². The van der Waals surface area contributed by atoms with E-state index in [1.54, 1.807) is 18.2 Å². The number of nitrogens with one attached hydrogen (secondary N) is 2. The van der Waals surface area contributed by atoms with Crippen LogP contribution < -0.4 is 16.1 Å². The third-order valence-corrected chi connectivity index (χ3v) is 6.82. The van der Waals surface area contributed by atoms with Crippen molar-refractivity contribution in [1.82, 2.24) is 0 Å². The zero-order valence-corrected chi connectivity index (χ0v) is 22.0. The summed E-state index contributed by atoms with van der Waals surface area (Å²) in [4.78, 5) is 25.2. The van der Waals surface area contributed by atoms with Crippen molar-refractivity contribution in [2.75, 3.05) is 16.5 Å². The van der Waals surface area contributed by atoms with Gasteiger partial charge in [0.2, 0.25) is 5.91 Å². The minimum Gasteiger partial charge on any atom is -0.399 e. The largest absolute Gasteiger partial charge is 0.495 e. The molecule has 1 fully saturated rings. The maximum atomic E-state index is 13.3. The number of hydrogen-bond donors (Lipinski definition) is 2. The Morgan fingerprint density at radius 3 is 2.12 bits per heavy atom. The lowest BCUT2D eigenvalue weighted by Gasteiger charge is -2.32. The molecule has 0 aliphatic carbocycles. The van der Waals surface area contributed by atoms with Crippen molar-refractivity contribution in [2.24, 2.45) is 0 Å². The number of rotatable bonds is 5. The molecule has 0 atom stereocenters. The smallest absolute Gasteiger partial charge is 0.399 e. The second-order valence-electron chi connectivity index (χ2n) is 10.8. The van der Waals surface area contributed by atoms with Gasteiger partial charge in [0, 0.05) is 5.56 Å². The highest BCUT2D eigenvalue weighted by molar-refractivity contribution is 6.62. The zero-order valence-electron chi connectivity index (χ0n) is 21.3. The Bertz CT molecular complexity index is 1090. The van der Waals surface area contributed by atoms with Crippen molar-refractivity contribution in [3.63, 3.8) is 0 Å². The third kappa shape index (κ3) is 5.48. The van der Waals surface area contributed by atoms with E-state index in [-0.39, 0.29) is 23.1 Å². The lowest BCUT2D eigenvalue weighted by molar-refractivity contribution is -0.113. The lowest BCUT2D eigenvalue weighted by Crippen LogP contribution is -2.41. The first-order chi connectivity index (χ1) is 15.6. The van der Waals surface area contributed by atoms with E-state index in [2.05, 4.69) is 31.4 Å². The molecule has 2 aromatic carbocycles. The molecule has 182 valence electrons. The maximum Gasteiger partial charge on any atom is 0.495 e. The number of carbonyl (C=O) groups is 2. The van der Waals surface area contributed by atoms with Crippen LogP contribution in [0.4, 0.5) is 11.4 Å². The highest BCUT2D eigenvalue weighted by Gasteiger charge is 2.52. The van der Waals surface area contributed by atoms with Crippen molar-refractivity contribution in [3.8, 4) is 0 Å². The minimum absolute atomic E-state index is 0.137. The summed E-state index contributed by atoms with van der Waals surface area (Å²) in [5.41, 5.74) is 3.17. The average Bonchev–Trinajstić information content (AvgIpc) is 2.95. The second-order valence-corrected chi connectivity index (χ2v) is 11.1. The van der Waals surface area contributed by atoms with Gasteiger partial charge in [-0.15, -0.1) is 11.6 Å². The van der Waals surface area contributed by atoms with Gasteiger partial charge >= 0.3 is 7.12 Å². The number of hydrogen-bond acceptors (Lipinski definition) is 4. The SMILES string of the molecule is Cc1ccc(C(=O)Nc2cc(C(C)(C)C)ccc2NC(=O)CCl)cc1B1OC(C)(C)C(C)(C)O1. The van der Waals surface area contributed by atoms with E-state index in [1.165, 1.54) is 0 Å². The Hall–Kier alpha value is -2.35. The van der Waals surface area contributed by atoms with Crippen LogP contribution in [0.1, 0.15) is 70.0 Å². The summed E-state index contributed by atoms with van der Waals surface area (Å²) < 4.78 is 12.4. The van der Waals surface area contributed by atoms with Crippen LogP contribution in [0.15, 0.2) is 36.4 Å². The van der Waals surface area contributed by atoms with E-state index < -0.39 is 18.3 Å². The Morgan fingerprint density at radius 2 is 1.56 bits per heavy atom. The molecule has 0 spiro atoms. The first-order valence-corrected chi connectivity index (χ1v) is 12.0. The van der Waals surface area contributed by atoms with Gasteiger partial charge in [-0.1, -0.05) is 38.5 Å². The zero-order chi connectivity index (χ0) is 25.5. The summed E-state index contributed by atoms with van der Waals surface area (Å²) in [6, 6.07) is 11.1. The summed E-state index contributed by atoms with van der Waals surface area (Å²) in [7, 11) is -0.569. The molecule has 0 unspecified atom stereocenters. The van der Waals surface area contributed by atoms with Gasteiger partial charge in [-0.2, -0.15) is 0 Å². The Labute approximate surface area is 207 Å². The molecule has 0 radical (unpaired) electrons. The molecule has 0 aromatic heterocycles. The molecular weight excluding hydrogens is 451 g/mol. The molecule has 0 bridgehead atoms. The van der Waals surface area contributed by atoms with E-state index in [4.69, 9.17) is 20.9 Å². The molecule has 1 aliphatic rings. The molecule has 2 N–H and O–H groups in total. The molecule has 0 saturated carbocycles. The number of aryl methyl sites for hydroxylation is 1. The topological polar surface area (TPSA) is 76.7 Å². The Balaban J connectivity index is 1.93. The van der Waals surface area contributed by atoms with Gasteiger partial charge in [0.05, 0.1) is 22.6 Å². The van der Waals surface area contributed by atoms with Gasteiger partial charge < -0.3 is 19.9 Å². The highest BCUT2D eigenvalue weighted by atomic mass is 35.5. The molecule has 2 amide bonds. The fourth-order valence-electron chi connectivity index (χ4n) is 3.61. The quantitative estimate of drug-likeness (QED) is 0.461. The summed E-state index contributed by atoms with van der Waals surface area (Å²) >= 11 is 5.67. The summed E-state index contributed by atoms with van der Waals surface area (Å²) in [5.74, 6) is -0.826. The minimum atomic E-state index is -0.569. The molecule has 2 aromatic rings. The first-order valence-electron chi connectivity index (χ1n) is 11.4. The number of anilines is 2. The van der Waals surface area contributed by atoms with Crippen molar-refractivity contribution < 1.29 is 18.9 Å². The van der Waals surface area contributed by atoms with Crippen molar-refractivity contribution in [3.05, 3.63) is 53.1 Å². The third-order valence-electron chi connectivity index (χ3n) is 6.58. The fourth-order valence-corrected chi connectivity index (χ4v) is 3.67. The van der Waals surface area contributed by atoms with Crippen LogP contribution >= 0.6 is 11.6 Å².